The topological polar surface area (TPSA) is 61.9 Å². The average Bonchev–Trinajstić information content (AvgIpc) is 2.53. The van der Waals surface area contributed by atoms with Crippen molar-refractivity contribution in [1.29, 1.82) is 0 Å². The summed E-state index contributed by atoms with van der Waals surface area (Å²) < 4.78 is 5.32. The Hall–Kier alpha value is -1.30. The summed E-state index contributed by atoms with van der Waals surface area (Å²) in [5.41, 5.74) is -0.475. The number of carbonyl (C=O) groups excluding carboxylic acids is 2. The van der Waals surface area contributed by atoms with E-state index >= 15 is 0 Å². The fourth-order valence-electron chi connectivity index (χ4n) is 3.55. The highest BCUT2D eigenvalue weighted by Gasteiger charge is 2.31. The van der Waals surface area contributed by atoms with Crippen molar-refractivity contribution < 1.29 is 14.3 Å². The van der Waals surface area contributed by atoms with Gasteiger partial charge >= 0.3 is 6.09 Å². The number of rotatable bonds is 3. The lowest BCUT2D eigenvalue weighted by Gasteiger charge is -2.39. The van der Waals surface area contributed by atoms with Gasteiger partial charge in [-0.15, -0.1) is 0 Å². The van der Waals surface area contributed by atoms with E-state index in [4.69, 9.17) is 4.74 Å². The molecule has 2 fully saturated rings. The molecule has 2 aliphatic heterocycles. The number of nitrogens with one attached hydrogen (secondary N) is 1. The Balaban J connectivity index is 1.75. The number of piperidine rings is 2. The zero-order valence-electron chi connectivity index (χ0n) is 16.5. The van der Waals surface area contributed by atoms with Gasteiger partial charge in [-0.1, -0.05) is 6.92 Å². The Labute approximate surface area is 152 Å². The summed E-state index contributed by atoms with van der Waals surface area (Å²) in [6.07, 6.45) is 3.58. The highest BCUT2D eigenvalue weighted by molar-refractivity contribution is 5.81. The summed E-state index contributed by atoms with van der Waals surface area (Å²) in [7, 11) is 0. The number of likely N-dealkylation sites (tertiary alicyclic amines) is 2. The van der Waals surface area contributed by atoms with Crippen LogP contribution in [0.4, 0.5) is 4.79 Å². The molecule has 2 amide bonds. The maximum absolute atomic E-state index is 12.7. The van der Waals surface area contributed by atoms with Gasteiger partial charge < -0.3 is 15.0 Å². The van der Waals surface area contributed by atoms with Gasteiger partial charge in [0.25, 0.3) is 0 Å². The molecule has 1 atom stereocenters. The molecule has 0 bridgehead atoms. The van der Waals surface area contributed by atoms with Gasteiger partial charge in [0.2, 0.25) is 5.91 Å². The van der Waals surface area contributed by atoms with E-state index in [0.717, 1.165) is 57.8 Å². The van der Waals surface area contributed by atoms with Crippen molar-refractivity contribution in [3.8, 4) is 0 Å². The van der Waals surface area contributed by atoms with Gasteiger partial charge in [-0.05, 0) is 59.3 Å². The van der Waals surface area contributed by atoms with Gasteiger partial charge in [-0.25, -0.2) is 4.79 Å². The van der Waals surface area contributed by atoms with E-state index in [1.165, 1.54) is 0 Å². The Morgan fingerprint density at radius 2 is 1.60 bits per heavy atom. The van der Waals surface area contributed by atoms with Crippen LogP contribution in [0.3, 0.4) is 0 Å². The lowest BCUT2D eigenvalue weighted by atomic mass is 9.98. The molecule has 0 saturated carbocycles. The number of carbonyl (C=O) groups is 2. The Kier molecular flexibility index (Phi) is 6.72. The van der Waals surface area contributed by atoms with Crippen molar-refractivity contribution in [2.24, 2.45) is 5.92 Å². The maximum atomic E-state index is 12.7. The lowest BCUT2D eigenvalue weighted by Crippen LogP contribution is -2.53. The number of hydrogen-bond donors (Lipinski definition) is 1. The fraction of sp³-hybridized carbons (Fsp3) is 0.895. The van der Waals surface area contributed by atoms with Crippen molar-refractivity contribution in [2.75, 3.05) is 26.2 Å². The van der Waals surface area contributed by atoms with Crippen molar-refractivity contribution in [3.63, 3.8) is 0 Å². The molecule has 6 nitrogen and oxygen atoms in total. The fourth-order valence-corrected chi connectivity index (χ4v) is 3.55. The monoisotopic (exact) mass is 353 g/mol. The summed E-state index contributed by atoms with van der Waals surface area (Å²) >= 11 is 0. The first-order valence-electron chi connectivity index (χ1n) is 9.68. The van der Waals surface area contributed by atoms with E-state index in [9.17, 15) is 9.59 Å². The largest absolute Gasteiger partial charge is 0.444 e. The predicted octanol–water partition coefficient (Wildman–Crippen LogP) is 2.62. The molecule has 1 unspecified atom stereocenters. The predicted molar refractivity (Wildman–Crippen MR) is 98.4 cm³/mol. The quantitative estimate of drug-likeness (QED) is 0.847. The highest BCUT2D eigenvalue weighted by Crippen LogP contribution is 2.20. The van der Waals surface area contributed by atoms with Crippen molar-refractivity contribution in [3.05, 3.63) is 0 Å². The minimum Gasteiger partial charge on any atom is -0.444 e. The number of nitrogens with zero attached hydrogens (tertiary/aromatic N) is 2. The third-order valence-electron chi connectivity index (χ3n) is 5.25. The van der Waals surface area contributed by atoms with Crippen LogP contribution < -0.4 is 5.32 Å². The standard InChI is InChI=1S/C19H35N3O3/c1-14-6-10-22(11-7-14)17(23)15(2)21-12-8-16(9-13-21)20-18(24)25-19(3,4)5/h14-16H,6-13H2,1-5H3,(H,20,24). The molecule has 1 N–H and O–H groups in total. The molecule has 0 aromatic heterocycles. The Morgan fingerprint density at radius 3 is 2.12 bits per heavy atom. The zero-order chi connectivity index (χ0) is 18.6. The van der Waals surface area contributed by atoms with E-state index in [1.54, 1.807) is 0 Å². The Morgan fingerprint density at radius 1 is 1.04 bits per heavy atom. The van der Waals surface area contributed by atoms with Gasteiger partial charge in [-0.3, -0.25) is 9.69 Å². The molecular weight excluding hydrogens is 318 g/mol. The van der Waals surface area contributed by atoms with E-state index < -0.39 is 5.60 Å². The average molecular weight is 354 g/mol. The van der Waals surface area contributed by atoms with Crippen LogP contribution in [0.15, 0.2) is 0 Å². The van der Waals surface area contributed by atoms with Crippen LogP contribution in [-0.4, -0.2) is 65.7 Å². The normalized spacial score (nSPS) is 22.5. The summed E-state index contributed by atoms with van der Waals surface area (Å²) in [4.78, 5) is 28.9. The highest BCUT2D eigenvalue weighted by atomic mass is 16.6. The first-order valence-corrected chi connectivity index (χ1v) is 9.68. The smallest absolute Gasteiger partial charge is 0.407 e. The third kappa shape index (κ3) is 6.17. The number of alkyl carbamates (subject to hydrolysis) is 1. The molecule has 0 spiro atoms. The molecule has 0 aliphatic carbocycles. The molecular formula is C19H35N3O3. The van der Waals surface area contributed by atoms with Crippen LogP contribution in [0.5, 0.6) is 0 Å². The van der Waals surface area contributed by atoms with E-state index in [-0.39, 0.29) is 24.1 Å². The first-order chi connectivity index (χ1) is 11.7. The molecule has 2 rings (SSSR count). The van der Waals surface area contributed by atoms with E-state index in [1.807, 2.05) is 32.6 Å². The molecule has 6 heteroatoms. The minimum absolute atomic E-state index is 0.0733. The molecule has 144 valence electrons. The van der Waals surface area contributed by atoms with Crippen LogP contribution in [0.25, 0.3) is 0 Å². The van der Waals surface area contributed by atoms with Crippen LogP contribution >= 0.6 is 0 Å². The second-order valence-corrected chi connectivity index (χ2v) is 8.64. The SMILES string of the molecule is CC1CCN(C(=O)C(C)N2CCC(NC(=O)OC(C)(C)C)CC2)CC1. The van der Waals surface area contributed by atoms with Gasteiger partial charge in [0.1, 0.15) is 5.60 Å². The number of amides is 2. The lowest BCUT2D eigenvalue weighted by molar-refractivity contribution is -0.138. The van der Waals surface area contributed by atoms with Gasteiger partial charge in [0.15, 0.2) is 0 Å². The number of hydrogen-bond acceptors (Lipinski definition) is 4. The van der Waals surface area contributed by atoms with Gasteiger partial charge in [0, 0.05) is 32.2 Å². The summed E-state index contributed by atoms with van der Waals surface area (Å²) in [6, 6.07) is 0.0557. The third-order valence-corrected chi connectivity index (χ3v) is 5.25. The first kappa shape index (κ1) is 20.0. The van der Waals surface area contributed by atoms with E-state index in [0.29, 0.717) is 0 Å². The zero-order valence-corrected chi connectivity index (χ0v) is 16.5. The van der Waals surface area contributed by atoms with Gasteiger partial charge in [-0.2, -0.15) is 0 Å². The van der Waals surface area contributed by atoms with Crippen molar-refractivity contribution in [1.82, 2.24) is 15.1 Å². The minimum atomic E-state index is -0.475. The second-order valence-electron chi connectivity index (χ2n) is 8.64. The molecule has 2 heterocycles. The number of ether oxygens (including phenoxy) is 1. The molecule has 0 radical (unpaired) electrons. The van der Waals surface area contributed by atoms with Crippen molar-refractivity contribution >= 4 is 12.0 Å². The molecule has 0 aromatic rings. The summed E-state index contributed by atoms with van der Waals surface area (Å²) in [5.74, 6) is 0.986. The molecule has 25 heavy (non-hydrogen) atoms. The van der Waals surface area contributed by atoms with Crippen molar-refractivity contribution in [2.45, 2.75) is 78.0 Å². The summed E-state index contributed by atoms with van der Waals surface area (Å²) in [5, 5.41) is 2.95. The molecule has 0 aromatic carbocycles. The summed E-state index contributed by atoms with van der Waals surface area (Å²) in [6.45, 7) is 13.3. The van der Waals surface area contributed by atoms with Crippen LogP contribution in [0.1, 0.15) is 60.3 Å². The van der Waals surface area contributed by atoms with Crippen LogP contribution in [-0.2, 0) is 9.53 Å². The van der Waals surface area contributed by atoms with Gasteiger partial charge in [0.05, 0.1) is 6.04 Å². The molecule has 2 saturated heterocycles. The van der Waals surface area contributed by atoms with E-state index in [2.05, 4.69) is 17.1 Å². The second kappa shape index (κ2) is 8.39. The molecule has 2 aliphatic rings. The maximum Gasteiger partial charge on any atom is 0.407 e. The van der Waals surface area contributed by atoms with Crippen LogP contribution in [0, 0.1) is 5.92 Å². The van der Waals surface area contributed by atoms with Crippen LogP contribution in [0.2, 0.25) is 0 Å². The Bertz CT molecular complexity index is 459.